The fraction of sp³-hybridized carbons (Fsp3) is 0.333. The van der Waals surface area contributed by atoms with Gasteiger partial charge < -0.3 is 5.32 Å². The largest absolute Gasteiger partial charge is 0.367 e. The molecule has 3 rings (SSSR count). The number of fused-ring (bicyclic) bond motifs is 1. The Labute approximate surface area is 98.9 Å². The highest BCUT2D eigenvalue weighted by Gasteiger charge is 2.18. The van der Waals surface area contributed by atoms with E-state index in [2.05, 4.69) is 15.3 Å². The summed E-state index contributed by atoms with van der Waals surface area (Å²) >= 11 is 5.91. The zero-order valence-electron chi connectivity index (χ0n) is 8.78. The highest BCUT2D eigenvalue weighted by atomic mass is 35.5. The van der Waals surface area contributed by atoms with E-state index in [-0.39, 0.29) is 0 Å². The van der Waals surface area contributed by atoms with Gasteiger partial charge in [-0.3, -0.25) is 0 Å². The second-order valence-electron chi connectivity index (χ2n) is 4.13. The molecule has 0 amide bonds. The Morgan fingerprint density at radius 2 is 2.00 bits per heavy atom. The first kappa shape index (κ1) is 9.85. The van der Waals surface area contributed by atoms with Crippen LogP contribution in [0.2, 0.25) is 5.28 Å². The molecule has 0 unspecified atom stereocenters. The lowest BCUT2D eigenvalue weighted by Crippen LogP contribution is -2.27. The monoisotopic (exact) mass is 233 g/mol. The van der Waals surface area contributed by atoms with Crippen LogP contribution in [0.5, 0.6) is 0 Å². The molecule has 16 heavy (non-hydrogen) atoms. The summed E-state index contributed by atoms with van der Waals surface area (Å²) in [6.45, 7) is 0. The van der Waals surface area contributed by atoms with E-state index in [4.69, 9.17) is 11.6 Å². The molecule has 1 aromatic carbocycles. The van der Waals surface area contributed by atoms with Gasteiger partial charge in [0.05, 0.1) is 5.52 Å². The third-order valence-electron chi connectivity index (χ3n) is 3.02. The van der Waals surface area contributed by atoms with Crippen molar-refractivity contribution in [2.75, 3.05) is 5.32 Å². The number of benzene rings is 1. The van der Waals surface area contributed by atoms with Crippen LogP contribution in [-0.2, 0) is 0 Å². The van der Waals surface area contributed by atoms with Crippen molar-refractivity contribution in [2.24, 2.45) is 0 Å². The van der Waals surface area contributed by atoms with E-state index in [9.17, 15) is 0 Å². The zero-order chi connectivity index (χ0) is 11.0. The van der Waals surface area contributed by atoms with E-state index in [0.29, 0.717) is 11.3 Å². The molecule has 1 saturated carbocycles. The molecule has 0 atom stereocenters. The number of hydrogen-bond donors (Lipinski definition) is 1. The van der Waals surface area contributed by atoms with Gasteiger partial charge in [-0.15, -0.1) is 0 Å². The summed E-state index contributed by atoms with van der Waals surface area (Å²) in [5.74, 6) is 0.861. The molecule has 82 valence electrons. The van der Waals surface area contributed by atoms with Crippen molar-refractivity contribution in [3.63, 3.8) is 0 Å². The second-order valence-corrected chi connectivity index (χ2v) is 4.47. The summed E-state index contributed by atoms with van der Waals surface area (Å²) in [4.78, 5) is 8.47. The Hall–Kier alpha value is -1.35. The molecule has 2 aromatic rings. The van der Waals surface area contributed by atoms with Crippen LogP contribution in [0.3, 0.4) is 0 Å². The van der Waals surface area contributed by atoms with Crippen molar-refractivity contribution in [1.82, 2.24) is 9.97 Å². The molecule has 1 fully saturated rings. The molecule has 0 aliphatic heterocycles. The molecule has 0 saturated heterocycles. The highest BCUT2D eigenvalue weighted by molar-refractivity contribution is 6.28. The molecule has 0 spiro atoms. The van der Waals surface area contributed by atoms with Crippen LogP contribution in [0.25, 0.3) is 10.9 Å². The molecule has 1 aliphatic rings. The first-order valence-electron chi connectivity index (χ1n) is 5.52. The number of nitrogens with zero attached hydrogens (tertiary/aromatic N) is 2. The maximum atomic E-state index is 5.91. The number of rotatable bonds is 2. The van der Waals surface area contributed by atoms with E-state index >= 15 is 0 Å². The van der Waals surface area contributed by atoms with Crippen molar-refractivity contribution >= 4 is 28.3 Å². The van der Waals surface area contributed by atoms with Crippen molar-refractivity contribution in [2.45, 2.75) is 25.3 Å². The van der Waals surface area contributed by atoms with Crippen LogP contribution in [0.1, 0.15) is 19.3 Å². The molecular formula is C12H12ClN3. The quantitative estimate of drug-likeness (QED) is 0.810. The maximum absolute atomic E-state index is 5.91. The van der Waals surface area contributed by atoms with E-state index in [1.165, 1.54) is 19.3 Å². The number of anilines is 1. The molecule has 3 nitrogen and oxygen atoms in total. The molecule has 1 aromatic heterocycles. The number of halogens is 1. The topological polar surface area (TPSA) is 37.8 Å². The fourth-order valence-electron chi connectivity index (χ4n) is 1.90. The SMILES string of the molecule is Clc1nc(NC2CCC2)c2ccccc2n1. The average Bonchev–Trinajstić information content (AvgIpc) is 2.23. The van der Waals surface area contributed by atoms with Gasteiger partial charge in [-0.1, -0.05) is 12.1 Å². The van der Waals surface area contributed by atoms with Gasteiger partial charge in [0.15, 0.2) is 0 Å². The molecule has 1 N–H and O–H groups in total. The number of para-hydroxylation sites is 1. The van der Waals surface area contributed by atoms with E-state index < -0.39 is 0 Å². The van der Waals surface area contributed by atoms with E-state index in [1.807, 2.05) is 24.3 Å². The van der Waals surface area contributed by atoms with E-state index in [1.54, 1.807) is 0 Å². The summed E-state index contributed by atoms with van der Waals surface area (Å²) in [6, 6.07) is 8.47. The van der Waals surface area contributed by atoms with Crippen molar-refractivity contribution in [1.29, 1.82) is 0 Å². The smallest absolute Gasteiger partial charge is 0.224 e. The average molecular weight is 234 g/mol. The lowest BCUT2D eigenvalue weighted by molar-refractivity contribution is 0.445. The third-order valence-corrected chi connectivity index (χ3v) is 3.19. The highest BCUT2D eigenvalue weighted by Crippen LogP contribution is 2.27. The zero-order valence-corrected chi connectivity index (χ0v) is 9.54. The Balaban J connectivity index is 2.06. The summed E-state index contributed by atoms with van der Waals surface area (Å²) in [5.41, 5.74) is 0.893. The predicted octanol–water partition coefficient (Wildman–Crippen LogP) is 3.25. The van der Waals surface area contributed by atoms with Crippen LogP contribution in [0.15, 0.2) is 24.3 Å². The minimum absolute atomic E-state index is 0.306. The second kappa shape index (κ2) is 3.91. The molecule has 0 bridgehead atoms. The Bertz CT molecular complexity index is 523. The van der Waals surface area contributed by atoms with Crippen LogP contribution >= 0.6 is 11.6 Å². The van der Waals surface area contributed by atoms with Gasteiger partial charge in [-0.05, 0) is 43.0 Å². The summed E-state index contributed by atoms with van der Waals surface area (Å²) in [5, 5.41) is 4.77. The Morgan fingerprint density at radius 1 is 1.19 bits per heavy atom. The van der Waals surface area contributed by atoms with Crippen molar-refractivity contribution in [3.8, 4) is 0 Å². The third kappa shape index (κ3) is 1.71. The lowest BCUT2D eigenvalue weighted by atomic mass is 9.93. The molecule has 0 radical (unpaired) electrons. The van der Waals surface area contributed by atoms with Crippen molar-refractivity contribution in [3.05, 3.63) is 29.5 Å². The molecule has 4 heteroatoms. The van der Waals surface area contributed by atoms with Gasteiger partial charge in [0.1, 0.15) is 5.82 Å². The number of hydrogen-bond acceptors (Lipinski definition) is 3. The van der Waals surface area contributed by atoms with Gasteiger partial charge in [-0.2, -0.15) is 0 Å². The summed E-state index contributed by atoms with van der Waals surface area (Å²) in [7, 11) is 0. The summed E-state index contributed by atoms with van der Waals surface area (Å²) in [6.07, 6.45) is 3.74. The van der Waals surface area contributed by atoms with Gasteiger partial charge >= 0.3 is 0 Å². The minimum atomic E-state index is 0.306. The van der Waals surface area contributed by atoms with E-state index in [0.717, 1.165) is 16.7 Å². The molecule has 1 heterocycles. The predicted molar refractivity (Wildman–Crippen MR) is 65.8 cm³/mol. The van der Waals surface area contributed by atoms with Crippen LogP contribution in [0, 0.1) is 0 Å². The first-order chi connectivity index (χ1) is 7.83. The van der Waals surface area contributed by atoms with Gasteiger partial charge in [-0.25, -0.2) is 9.97 Å². The van der Waals surface area contributed by atoms with Crippen molar-refractivity contribution < 1.29 is 0 Å². The van der Waals surface area contributed by atoms with Crippen LogP contribution < -0.4 is 5.32 Å². The first-order valence-corrected chi connectivity index (χ1v) is 5.89. The number of aromatic nitrogens is 2. The van der Waals surface area contributed by atoms with Gasteiger partial charge in [0.2, 0.25) is 5.28 Å². The summed E-state index contributed by atoms with van der Waals surface area (Å²) < 4.78 is 0. The fourth-order valence-corrected chi connectivity index (χ4v) is 2.08. The Morgan fingerprint density at radius 3 is 2.75 bits per heavy atom. The normalized spacial score (nSPS) is 16.1. The standard InChI is InChI=1S/C12H12ClN3/c13-12-15-10-7-2-1-6-9(10)11(16-12)14-8-4-3-5-8/h1-2,6-8H,3-5H2,(H,14,15,16). The van der Waals surface area contributed by atoms with Gasteiger partial charge in [0.25, 0.3) is 0 Å². The Kier molecular flexibility index (Phi) is 2.40. The minimum Gasteiger partial charge on any atom is -0.367 e. The number of nitrogens with one attached hydrogen (secondary N) is 1. The maximum Gasteiger partial charge on any atom is 0.224 e. The lowest BCUT2D eigenvalue weighted by Gasteiger charge is -2.27. The van der Waals surface area contributed by atoms with Crippen LogP contribution in [-0.4, -0.2) is 16.0 Å². The molecular weight excluding hydrogens is 222 g/mol. The van der Waals surface area contributed by atoms with Crippen LogP contribution in [0.4, 0.5) is 5.82 Å². The van der Waals surface area contributed by atoms with Gasteiger partial charge in [0, 0.05) is 11.4 Å². The molecule has 1 aliphatic carbocycles.